The topological polar surface area (TPSA) is 86.5 Å². The van der Waals surface area contributed by atoms with Gasteiger partial charge in [0.25, 0.3) is 0 Å². The first-order chi connectivity index (χ1) is 7.82. The lowest BCUT2D eigenvalue weighted by molar-refractivity contribution is -0.387. The van der Waals surface area contributed by atoms with E-state index in [0.29, 0.717) is 0 Å². The molecule has 0 aromatic heterocycles. The van der Waals surface area contributed by atoms with E-state index >= 15 is 0 Å². The number of nitrogens with zero attached hydrogens (tertiary/aromatic N) is 2. The first-order valence-electron chi connectivity index (χ1n) is 4.25. The number of benzene rings is 1. The molecule has 1 aromatic rings. The summed E-state index contributed by atoms with van der Waals surface area (Å²) in [5, 5.41) is 10.4. The van der Waals surface area contributed by atoms with Crippen LogP contribution in [0.2, 0.25) is 5.02 Å². The minimum atomic E-state index is -2.48. The van der Waals surface area contributed by atoms with Crippen molar-refractivity contribution in [2.75, 3.05) is 7.05 Å². The molecule has 0 heterocycles. The summed E-state index contributed by atoms with van der Waals surface area (Å²) in [6.07, 6.45) is 0. The molecule has 17 heavy (non-hydrogen) atoms. The molecule has 0 aliphatic heterocycles. The van der Waals surface area contributed by atoms with Gasteiger partial charge in [0, 0.05) is 28.9 Å². The molecule has 9 heteroatoms. The van der Waals surface area contributed by atoms with Crippen molar-refractivity contribution >= 4 is 28.6 Å². The SMILES string of the molecule is CN(Cc1cc([N+](=O)[O-])c(F)cc1Cl)S(=O)[O-]. The maximum absolute atomic E-state index is 13.1. The van der Waals surface area contributed by atoms with Gasteiger partial charge in [0.05, 0.1) is 4.92 Å². The average molecular weight is 282 g/mol. The molecule has 1 unspecified atom stereocenters. The lowest BCUT2D eigenvalue weighted by Gasteiger charge is -2.19. The molecule has 1 atom stereocenters. The van der Waals surface area contributed by atoms with E-state index in [1.165, 1.54) is 7.05 Å². The van der Waals surface area contributed by atoms with E-state index in [-0.39, 0.29) is 17.1 Å². The molecule has 1 aromatic carbocycles. The normalized spacial score (nSPS) is 12.8. The van der Waals surface area contributed by atoms with Crippen molar-refractivity contribution < 1.29 is 18.1 Å². The predicted molar refractivity (Wildman–Crippen MR) is 58.5 cm³/mol. The van der Waals surface area contributed by atoms with Crippen molar-refractivity contribution in [3.8, 4) is 0 Å². The zero-order valence-corrected chi connectivity index (χ0v) is 10.1. The number of halogens is 2. The fourth-order valence-electron chi connectivity index (χ4n) is 1.13. The van der Waals surface area contributed by atoms with E-state index in [9.17, 15) is 23.3 Å². The molecule has 6 nitrogen and oxygen atoms in total. The number of hydrogen-bond donors (Lipinski definition) is 0. The molecule has 0 aliphatic rings. The molecule has 0 fully saturated rings. The van der Waals surface area contributed by atoms with E-state index in [2.05, 4.69) is 0 Å². The minimum Gasteiger partial charge on any atom is -0.760 e. The average Bonchev–Trinajstić information content (AvgIpc) is 2.21. The fourth-order valence-corrected chi connectivity index (χ4v) is 1.59. The zero-order chi connectivity index (χ0) is 13.2. The Balaban J connectivity index is 3.12. The molecule has 0 saturated heterocycles. The van der Waals surface area contributed by atoms with Gasteiger partial charge < -0.3 is 4.55 Å². The number of nitro benzene ring substituents is 1. The quantitative estimate of drug-likeness (QED) is 0.477. The minimum absolute atomic E-state index is 0.0644. The van der Waals surface area contributed by atoms with E-state index in [1.54, 1.807) is 0 Å². The van der Waals surface area contributed by atoms with Gasteiger partial charge in [-0.05, 0) is 18.7 Å². The molecule has 0 bridgehead atoms. The third-order valence-corrected chi connectivity index (χ3v) is 2.95. The molecular weight excluding hydrogens is 275 g/mol. The highest BCUT2D eigenvalue weighted by Crippen LogP contribution is 2.26. The van der Waals surface area contributed by atoms with Crippen LogP contribution < -0.4 is 0 Å². The summed E-state index contributed by atoms with van der Waals surface area (Å²) in [5.74, 6) is -1.06. The molecule has 0 spiro atoms. The maximum Gasteiger partial charge on any atom is 0.305 e. The molecule has 0 amide bonds. The van der Waals surface area contributed by atoms with Crippen LogP contribution in [0.5, 0.6) is 0 Å². The number of rotatable bonds is 4. The van der Waals surface area contributed by atoms with E-state index in [0.717, 1.165) is 16.4 Å². The second kappa shape index (κ2) is 5.50. The van der Waals surface area contributed by atoms with Crippen LogP contribution in [0.3, 0.4) is 0 Å². The number of hydrogen-bond acceptors (Lipinski definition) is 4. The standard InChI is InChI=1S/C8H8ClFN2O4S/c1-11(17(15)16)4-5-2-8(12(13)14)7(10)3-6(5)9/h2-3H,4H2,1H3,(H,15,16)/p-1. The van der Waals surface area contributed by atoms with Crippen LogP contribution in [0.25, 0.3) is 0 Å². The molecule has 0 radical (unpaired) electrons. The van der Waals surface area contributed by atoms with Gasteiger partial charge in [0.15, 0.2) is 0 Å². The summed E-state index contributed by atoms with van der Waals surface area (Å²) < 4.78 is 35.1. The van der Waals surface area contributed by atoms with Crippen molar-refractivity contribution in [3.05, 3.63) is 38.7 Å². The monoisotopic (exact) mass is 281 g/mol. The second-order valence-corrected chi connectivity index (χ2v) is 4.62. The first-order valence-corrected chi connectivity index (χ1v) is 5.66. The molecule has 0 aliphatic carbocycles. The Morgan fingerprint density at radius 3 is 2.65 bits per heavy atom. The largest absolute Gasteiger partial charge is 0.760 e. The Labute approximate surface area is 104 Å². The molecule has 0 N–H and O–H groups in total. The summed E-state index contributed by atoms with van der Waals surface area (Å²) >= 11 is 3.18. The van der Waals surface area contributed by atoms with Crippen LogP contribution in [-0.4, -0.2) is 25.0 Å². The van der Waals surface area contributed by atoms with E-state index < -0.39 is 27.7 Å². The number of nitro groups is 1. The predicted octanol–water partition coefficient (Wildman–Crippen LogP) is 1.61. The van der Waals surface area contributed by atoms with Crippen molar-refractivity contribution in [3.63, 3.8) is 0 Å². The lowest BCUT2D eigenvalue weighted by Crippen LogP contribution is -2.20. The van der Waals surface area contributed by atoms with Crippen molar-refractivity contribution in [2.24, 2.45) is 0 Å². The van der Waals surface area contributed by atoms with Gasteiger partial charge in [0.1, 0.15) is 0 Å². The third-order valence-electron chi connectivity index (χ3n) is 1.96. The van der Waals surface area contributed by atoms with Crippen molar-refractivity contribution in [2.45, 2.75) is 6.54 Å². The molecule has 94 valence electrons. The molecular formula is C8H7ClFN2O4S-. The summed E-state index contributed by atoms with van der Waals surface area (Å²) in [6.45, 7) is -0.171. The first kappa shape index (κ1) is 14.0. The highest BCUT2D eigenvalue weighted by atomic mass is 35.5. The third kappa shape index (κ3) is 3.43. The Morgan fingerprint density at radius 2 is 2.18 bits per heavy atom. The summed E-state index contributed by atoms with van der Waals surface area (Å²) in [6, 6.07) is 1.71. The zero-order valence-electron chi connectivity index (χ0n) is 8.55. The summed E-state index contributed by atoms with van der Waals surface area (Å²) in [4.78, 5) is 9.59. The lowest BCUT2D eigenvalue weighted by atomic mass is 10.2. The Hall–Kier alpha value is -1.09. The highest BCUT2D eigenvalue weighted by Gasteiger charge is 2.18. The van der Waals surface area contributed by atoms with Crippen LogP contribution in [0, 0.1) is 15.9 Å². The summed E-state index contributed by atoms with van der Waals surface area (Å²) in [5.41, 5.74) is -0.582. The Morgan fingerprint density at radius 1 is 1.59 bits per heavy atom. The second-order valence-electron chi connectivity index (χ2n) is 3.16. The highest BCUT2D eigenvalue weighted by molar-refractivity contribution is 7.76. The van der Waals surface area contributed by atoms with Gasteiger partial charge in [-0.3, -0.25) is 14.3 Å². The Kier molecular flexibility index (Phi) is 4.52. The van der Waals surface area contributed by atoms with Gasteiger partial charge in [0.2, 0.25) is 5.82 Å². The van der Waals surface area contributed by atoms with Crippen LogP contribution in [0.4, 0.5) is 10.1 Å². The van der Waals surface area contributed by atoms with Gasteiger partial charge in [-0.1, -0.05) is 11.6 Å². The smallest absolute Gasteiger partial charge is 0.305 e. The van der Waals surface area contributed by atoms with Crippen molar-refractivity contribution in [1.29, 1.82) is 0 Å². The van der Waals surface area contributed by atoms with Crippen LogP contribution in [-0.2, 0) is 17.8 Å². The van der Waals surface area contributed by atoms with Crippen LogP contribution in [0.15, 0.2) is 12.1 Å². The van der Waals surface area contributed by atoms with E-state index in [1.807, 2.05) is 0 Å². The van der Waals surface area contributed by atoms with Gasteiger partial charge in [-0.25, -0.2) is 4.31 Å². The van der Waals surface area contributed by atoms with Gasteiger partial charge in [-0.15, -0.1) is 0 Å². The van der Waals surface area contributed by atoms with Crippen LogP contribution >= 0.6 is 11.6 Å². The van der Waals surface area contributed by atoms with Crippen molar-refractivity contribution in [1.82, 2.24) is 4.31 Å². The molecule has 0 saturated carbocycles. The summed E-state index contributed by atoms with van der Waals surface area (Å²) in [7, 11) is 1.26. The fraction of sp³-hybridized carbons (Fsp3) is 0.250. The Bertz CT molecular complexity index is 485. The maximum atomic E-state index is 13.1. The van der Waals surface area contributed by atoms with E-state index in [4.69, 9.17) is 11.6 Å². The van der Waals surface area contributed by atoms with Gasteiger partial charge in [-0.2, -0.15) is 4.39 Å². The molecule has 1 rings (SSSR count). The van der Waals surface area contributed by atoms with Gasteiger partial charge >= 0.3 is 5.69 Å². The van der Waals surface area contributed by atoms with Crippen LogP contribution in [0.1, 0.15) is 5.56 Å².